The zero-order chi connectivity index (χ0) is 8.15. The third-order valence-corrected chi connectivity index (χ3v) is 1.43. The lowest BCUT2D eigenvalue weighted by molar-refractivity contribution is -0.116. The Morgan fingerprint density at radius 2 is 2.10 bits per heavy atom. The van der Waals surface area contributed by atoms with Crippen LogP contribution in [0.3, 0.4) is 0 Å². The van der Waals surface area contributed by atoms with Gasteiger partial charge in [-0.1, -0.05) is 13.5 Å². The third-order valence-electron chi connectivity index (χ3n) is 1.43. The molecule has 0 radical (unpaired) electrons. The molecular formula is C8H15NO. The zero-order valence-corrected chi connectivity index (χ0v) is 6.98. The van der Waals surface area contributed by atoms with Crippen LogP contribution in [0.15, 0.2) is 12.2 Å². The molecule has 2 nitrogen and oxygen atoms in total. The minimum atomic E-state index is 0.129. The van der Waals surface area contributed by atoms with Crippen LogP contribution in [0.1, 0.15) is 13.8 Å². The van der Waals surface area contributed by atoms with Gasteiger partial charge in [0.05, 0.1) is 6.54 Å². The van der Waals surface area contributed by atoms with Gasteiger partial charge in [0, 0.05) is 0 Å². The fourth-order valence-corrected chi connectivity index (χ4v) is 0.492. The van der Waals surface area contributed by atoms with E-state index in [1.54, 1.807) is 6.92 Å². The molecule has 0 rings (SSSR count). The van der Waals surface area contributed by atoms with E-state index < -0.39 is 0 Å². The van der Waals surface area contributed by atoms with Gasteiger partial charge in [-0.3, -0.25) is 9.69 Å². The van der Waals surface area contributed by atoms with E-state index in [1.165, 1.54) is 0 Å². The maximum absolute atomic E-state index is 11.0. The number of carbonyl (C=O) groups excluding carboxylic acids is 1. The molecule has 0 unspecified atom stereocenters. The van der Waals surface area contributed by atoms with E-state index >= 15 is 0 Å². The minimum absolute atomic E-state index is 0.129. The fraction of sp³-hybridized carbons (Fsp3) is 0.625. The lowest BCUT2D eigenvalue weighted by Gasteiger charge is -2.11. The van der Waals surface area contributed by atoms with E-state index in [2.05, 4.69) is 6.58 Å². The average molecular weight is 141 g/mol. The van der Waals surface area contributed by atoms with Crippen molar-refractivity contribution in [2.24, 2.45) is 0 Å². The van der Waals surface area contributed by atoms with Gasteiger partial charge < -0.3 is 0 Å². The third kappa shape index (κ3) is 3.41. The van der Waals surface area contributed by atoms with Gasteiger partial charge >= 0.3 is 0 Å². The van der Waals surface area contributed by atoms with Crippen molar-refractivity contribution in [2.45, 2.75) is 13.8 Å². The van der Waals surface area contributed by atoms with Crippen molar-refractivity contribution in [2.75, 3.05) is 20.1 Å². The van der Waals surface area contributed by atoms with Crippen molar-refractivity contribution in [3.63, 3.8) is 0 Å². The molecule has 0 saturated carbocycles. The molecule has 0 heterocycles. The molecule has 0 aromatic carbocycles. The Kier molecular flexibility index (Phi) is 3.96. The summed E-state index contributed by atoms with van der Waals surface area (Å²) >= 11 is 0. The van der Waals surface area contributed by atoms with Crippen molar-refractivity contribution in [3.8, 4) is 0 Å². The molecule has 0 saturated heterocycles. The van der Waals surface area contributed by atoms with Gasteiger partial charge in [0.25, 0.3) is 0 Å². The van der Waals surface area contributed by atoms with Gasteiger partial charge in [-0.25, -0.2) is 0 Å². The molecular weight excluding hydrogens is 126 g/mol. The summed E-state index contributed by atoms with van der Waals surface area (Å²) in [6.07, 6.45) is 0. The van der Waals surface area contributed by atoms with Gasteiger partial charge in [0.1, 0.15) is 0 Å². The quantitative estimate of drug-likeness (QED) is 0.546. The highest BCUT2D eigenvalue weighted by Crippen LogP contribution is 1.91. The predicted octanol–water partition coefficient (Wildman–Crippen LogP) is 1.08. The van der Waals surface area contributed by atoms with Gasteiger partial charge in [0.15, 0.2) is 5.78 Å². The smallest absolute Gasteiger partial charge is 0.171 e. The predicted molar refractivity (Wildman–Crippen MR) is 43.0 cm³/mol. The highest BCUT2D eigenvalue weighted by Gasteiger charge is 2.03. The van der Waals surface area contributed by atoms with Crippen LogP contribution in [0, 0.1) is 0 Å². The first-order valence-corrected chi connectivity index (χ1v) is 3.45. The summed E-state index contributed by atoms with van der Waals surface area (Å²) in [5.74, 6) is 0.129. The number of rotatable bonds is 4. The Hall–Kier alpha value is -0.630. The van der Waals surface area contributed by atoms with Gasteiger partial charge in [-0.05, 0) is 26.1 Å². The first-order chi connectivity index (χ1) is 4.57. The summed E-state index contributed by atoms with van der Waals surface area (Å²) in [5.41, 5.74) is 0.639. The second-order valence-corrected chi connectivity index (χ2v) is 2.53. The first kappa shape index (κ1) is 9.37. The summed E-state index contributed by atoms with van der Waals surface area (Å²) < 4.78 is 0. The second-order valence-electron chi connectivity index (χ2n) is 2.53. The number of ketones is 1. The van der Waals surface area contributed by atoms with Gasteiger partial charge in [-0.15, -0.1) is 0 Å². The molecule has 0 aliphatic rings. The monoisotopic (exact) mass is 141 g/mol. The molecule has 0 spiro atoms. The topological polar surface area (TPSA) is 20.3 Å². The fourth-order valence-electron chi connectivity index (χ4n) is 0.492. The van der Waals surface area contributed by atoms with Crippen molar-refractivity contribution in [1.82, 2.24) is 4.90 Å². The van der Waals surface area contributed by atoms with E-state index in [9.17, 15) is 4.79 Å². The van der Waals surface area contributed by atoms with Crippen molar-refractivity contribution >= 4 is 5.78 Å². The number of hydrogen-bond acceptors (Lipinski definition) is 2. The van der Waals surface area contributed by atoms with E-state index in [1.807, 2.05) is 18.9 Å². The molecule has 0 fully saturated rings. The van der Waals surface area contributed by atoms with Crippen LogP contribution in [0.5, 0.6) is 0 Å². The average Bonchev–Trinajstić information content (AvgIpc) is 1.87. The lowest BCUT2D eigenvalue weighted by atomic mass is 10.2. The molecule has 0 aromatic heterocycles. The SMILES string of the molecule is C=C(C)C(=O)CN(C)CC. The van der Waals surface area contributed by atoms with Crippen LogP contribution in [-0.2, 0) is 4.79 Å². The largest absolute Gasteiger partial charge is 0.299 e. The van der Waals surface area contributed by atoms with E-state index in [-0.39, 0.29) is 5.78 Å². The number of nitrogens with zero attached hydrogens (tertiary/aromatic N) is 1. The summed E-state index contributed by atoms with van der Waals surface area (Å²) in [6, 6.07) is 0. The van der Waals surface area contributed by atoms with Crippen LogP contribution in [-0.4, -0.2) is 30.8 Å². The Labute approximate surface area is 62.5 Å². The maximum atomic E-state index is 11.0. The van der Waals surface area contributed by atoms with Crippen LogP contribution >= 0.6 is 0 Å². The molecule has 0 aromatic rings. The molecule has 0 bridgehead atoms. The zero-order valence-electron chi connectivity index (χ0n) is 6.98. The molecule has 0 aliphatic carbocycles. The van der Waals surface area contributed by atoms with E-state index in [0.29, 0.717) is 12.1 Å². The van der Waals surface area contributed by atoms with Crippen LogP contribution < -0.4 is 0 Å². The summed E-state index contributed by atoms with van der Waals surface area (Å²) in [7, 11) is 1.92. The van der Waals surface area contributed by atoms with Crippen molar-refractivity contribution < 1.29 is 4.79 Å². The standard InChI is InChI=1S/C8H15NO/c1-5-9(4)6-8(10)7(2)3/h2,5-6H2,1,3-4H3. The summed E-state index contributed by atoms with van der Waals surface area (Å²) in [6.45, 7) is 8.72. The summed E-state index contributed by atoms with van der Waals surface area (Å²) in [5, 5.41) is 0. The van der Waals surface area contributed by atoms with Crippen molar-refractivity contribution in [3.05, 3.63) is 12.2 Å². The van der Waals surface area contributed by atoms with Crippen LogP contribution in [0.2, 0.25) is 0 Å². The van der Waals surface area contributed by atoms with Crippen LogP contribution in [0.25, 0.3) is 0 Å². The Balaban J connectivity index is 3.68. The second kappa shape index (κ2) is 4.23. The molecule has 0 atom stereocenters. The number of carbonyl (C=O) groups is 1. The minimum Gasteiger partial charge on any atom is -0.299 e. The van der Waals surface area contributed by atoms with Gasteiger partial charge in [-0.2, -0.15) is 0 Å². The Bertz CT molecular complexity index is 140. The van der Waals surface area contributed by atoms with Crippen LogP contribution in [0.4, 0.5) is 0 Å². The lowest BCUT2D eigenvalue weighted by Crippen LogP contribution is -2.25. The maximum Gasteiger partial charge on any atom is 0.171 e. The summed E-state index contributed by atoms with van der Waals surface area (Å²) in [4.78, 5) is 12.9. The number of hydrogen-bond donors (Lipinski definition) is 0. The van der Waals surface area contributed by atoms with E-state index in [4.69, 9.17) is 0 Å². The van der Waals surface area contributed by atoms with Crippen molar-refractivity contribution in [1.29, 1.82) is 0 Å². The Morgan fingerprint density at radius 3 is 2.40 bits per heavy atom. The highest BCUT2D eigenvalue weighted by atomic mass is 16.1. The molecule has 0 amide bonds. The first-order valence-electron chi connectivity index (χ1n) is 3.45. The molecule has 2 heteroatoms. The van der Waals surface area contributed by atoms with Gasteiger partial charge in [0.2, 0.25) is 0 Å². The molecule has 58 valence electrons. The van der Waals surface area contributed by atoms with E-state index in [0.717, 1.165) is 6.54 Å². The molecule has 0 N–H and O–H groups in total. The highest BCUT2D eigenvalue weighted by molar-refractivity contribution is 5.95. The number of likely N-dealkylation sites (N-methyl/N-ethyl adjacent to an activating group) is 1. The molecule has 0 aliphatic heterocycles. The molecule has 10 heavy (non-hydrogen) atoms. The Morgan fingerprint density at radius 1 is 1.60 bits per heavy atom. The normalized spacial score (nSPS) is 10.0. The number of Topliss-reactive ketones (excluding diaryl/α,β-unsaturated/α-hetero) is 1.